The lowest BCUT2D eigenvalue weighted by molar-refractivity contribution is -0.118. The van der Waals surface area contributed by atoms with E-state index in [0.717, 1.165) is 5.56 Å². The van der Waals surface area contributed by atoms with Gasteiger partial charge >= 0.3 is 0 Å². The summed E-state index contributed by atoms with van der Waals surface area (Å²) >= 11 is 6.22. The summed E-state index contributed by atoms with van der Waals surface area (Å²) in [7, 11) is 0. The summed E-state index contributed by atoms with van der Waals surface area (Å²) in [5.74, 6) is 0.310. The molecule has 0 radical (unpaired) electrons. The molecule has 2 heterocycles. The molecule has 7 heteroatoms. The van der Waals surface area contributed by atoms with E-state index in [1.807, 2.05) is 32.0 Å². The fraction of sp³-hybridized carbons (Fsp3) is 0.286. The highest BCUT2D eigenvalue weighted by Gasteiger charge is 2.44. The number of ether oxygens (including phenoxy) is 1. The molecule has 1 aliphatic carbocycles. The van der Waals surface area contributed by atoms with Crippen LogP contribution in [0, 0.1) is 16.7 Å². The minimum absolute atomic E-state index is 0.00314. The number of carbonyl (C=O) groups excluding carboxylic acids is 1. The second-order valence-corrected chi connectivity index (χ2v) is 8.42. The molecule has 142 valence electrons. The molecular formula is C21H19ClN4O2. The number of Topliss-reactive ketones (excluding diaryl/α,β-unsaturated/α-hetero) is 1. The van der Waals surface area contributed by atoms with E-state index in [0.29, 0.717) is 34.8 Å². The summed E-state index contributed by atoms with van der Waals surface area (Å²) in [4.78, 5) is 17.4. The number of fused-ring (bicyclic) bond motifs is 1. The van der Waals surface area contributed by atoms with Gasteiger partial charge in [-0.2, -0.15) is 10.2 Å². The molecule has 0 bridgehead atoms. The minimum atomic E-state index is -0.513. The zero-order valence-corrected chi connectivity index (χ0v) is 16.3. The third-order valence-electron chi connectivity index (χ3n) is 5.24. The van der Waals surface area contributed by atoms with Gasteiger partial charge in [-0.05, 0) is 23.1 Å². The van der Waals surface area contributed by atoms with Crippen LogP contribution in [0.5, 0.6) is 5.88 Å². The maximum absolute atomic E-state index is 13.1. The predicted octanol–water partition coefficient (Wildman–Crippen LogP) is 3.94. The molecule has 1 aliphatic heterocycles. The topological polar surface area (TPSA) is 115 Å². The summed E-state index contributed by atoms with van der Waals surface area (Å²) in [5, 5.41) is 10.0. The number of ketones is 1. The van der Waals surface area contributed by atoms with E-state index in [1.54, 1.807) is 12.1 Å². The summed E-state index contributed by atoms with van der Waals surface area (Å²) in [6, 6.07) is 9.25. The number of halogens is 1. The number of aromatic nitrogens is 1. The van der Waals surface area contributed by atoms with Crippen LogP contribution in [0.2, 0.25) is 5.02 Å². The number of hydrogen-bond donors (Lipinski definition) is 2. The molecule has 0 spiro atoms. The van der Waals surface area contributed by atoms with Gasteiger partial charge in [-0.3, -0.25) is 4.79 Å². The second-order valence-electron chi connectivity index (χ2n) is 7.98. The molecule has 0 saturated heterocycles. The normalized spacial score (nSPS) is 20.1. The van der Waals surface area contributed by atoms with Crippen molar-refractivity contribution < 1.29 is 9.53 Å². The van der Waals surface area contributed by atoms with Crippen LogP contribution < -0.4 is 16.2 Å². The monoisotopic (exact) mass is 394 g/mol. The van der Waals surface area contributed by atoms with Crippen molar-refractivity contribution in [3.63, 3.8) is 0 Å². The Morgan fingerprint density at radius 3 is 2.75 bits per heavy atom. The molecule has 28 heavy (non-hydrogen) atoms. The van der Waals surface area contributed by atoms with Crippen molar-refractivity contribution in [3.8, 4) is 11.9 Å². The Morgan fingerprint density at radius 2 is 2.07 bits per heavy atom. The lowest BCUT2D eigenvalue weighted by Gasteiger charge is -2.38. The molecule has 1 aromatic heterocycles. The van der Waals surface area contributed by atoms with Gasteiger partial charge in [0.15, 0.2) is 5.78 Å². The first-order chi connectivity index (χ1) is 13.2. The minimum Gasteiger partial charge on any atom is -0.442 e. The van der Waals surface area contributed by atoms with Crippen LogP contribution in [0.15, 0.2) is 35.6 Å². The first-order valence-electron chi connectivity index (χ1n) is 8.90. The molecule has 4 rings (SSSR count). The van der Waals surface area contributed by atoms with E-state index >= 15 is 0 Å². The quantitative estimate of drug-likeness (QED) is 0.756. The fourth-order valence-corrected chi connectivity index (χ4v) is 4.26. The predicted molar refractivity (Wildman–Crippen MR) is 107 cm³/mol. The first kappa shape index (κ1) is 18.3. The molecule has 1 atom stereocenters. The number of benzene rings is 1. The zero-order chi connectivity index (χ0) is 20.2. The van der Waals surface area contributed by atoms with Gasteiger partial charge in [-0.15, -0.1) is 0 Å². The highest BCUT2D eigenvalue weighted by molar-refractivity contribution is 6.30. The highest BCUT2D eigenvalue weighted by Crippen LogP contribution is 2.52. The van der Waals surface area contributed by atoms with Gasteiger partial charge in [0.25, 0.3) is 0 Å². The molecule has 0 fully saturated rings. The number of nitrogens with zero attached hydrogens (tertiary/aromatic N) is 2. The highest BCUT2D eigenvalue weighted by atomic mass is 35.5. The molecule has 2 aromatic rings. The lowest BCUT2D eigenvalue weighted by Crippen LogP contribution is -2.33. The summed E-state index contributed by atoms with van der Waals surface area (Å²) in [6.07, 6.45) is 0.987. The standard InChI is InChI=1S/C21H19ClN4O2/c1-21(2)7-13(27)16-14(8-21)28-20-17(18(24)12(9-23)19(25)26-20)15(16)10-4-3-5-11(22)6-10/h3-6,15H,7-8H2,1-2H3,(H4,24,25,26)/t15-/m0/s1. The molecule has 6 nitrogen and oxygen atoms in total. The van der Waals surface area contributed by atoms with Crippen LogP contribution >= 0.6 is 11.6 Å². The molecule has 2 aliphatic rings. The number of rotatable bonds is 1. The number of pyridine rings is 1. The van der Waals surface area contributed by atoms with Gasteiger partial charge in [-0.25, -0.2) is 0 Å². The average molecular weight is 395 g/mol. The van der Waals surface area contributed by atoms with E-state index in [9.17, 15) is 10.1 Å². The number of allylic oxidation sites excluding steroid dienone is 2. The van der Waals surface area contributed by atoms with Crippen molar-refractivity contribution in [2.24, 2.45) is 5.41 Å². The molecular weight excluding hydrogens is 376 g/mol. The maximum Gasteiger partial charge on any atom is 0.227 e. The van der Waals surface area contributed by atoms with Crippen LogP contribution in [0.4, 0.5) is 11.5 Å². The smallest absolute Gasteiger partial charge is 0.227 e. The Kier molecular flexibility index (Phi) is 4.09. The number of nitrogens with two attached hydrogens (primary N) is 2. The van der Waals surface area contributed by atoms with E-state index in [2.05, 4.69) is 4.98 Å². The van der Waals surface area contributed by atoms with Crippen LogP contribution in [0.25, 0.3) is 0 Å². The SMILES string of the molecule is CC1(C)CC(=O)C2=C(C1)Oc1nc(N)c(C#N)c(N)c1[C@H]2c1cccc(Cl)c1. The molecule has 0 saturated carbocycles. The average Bonchev–Trinajstić information content (AvgIpc) is 2.59. The van der Waals surface area contributed by atoms with Crippen LogP contribution in [-0.2, 0) is 4.79 Å². The van der Waals surface area contributed by atoms with Gasteiger partial charge in [0.05, 0.1) is 11.3 Å². The molecule has 1 aromatic carbocycles. The summed E-state index contributed by atoms with van der Waals surface area (Å²) < 4.78 is 6.03. The third-order valence-corrected chi connectivity index (χ3v) is 5.47. The van der Waals surface area contributed by atoms with Gasteiger partial charge in [0.2, 0.25) is 5.88 Å². The molecule has 0 unspecified atom stereocenters. The Balaban J connectivity index is 2.03. The number of hydrogen-bond acceptors (Lipinski definition) is 6. The Bertz CT molecular complexity index is 1100. The molecule has 0 amide bonds. The molecule has 4 N–H and O–H groups in total. The van der Waals surface area contributed by atoms with Crippen molar-refractivity contribution in [2.75, 3.05) is 11.5 Å². The Morgan fingerprint density at radius 1 is 1.32 bits per heavy atom. The number of carbonyl (C=O) groups is 1. The number of nitrogen functional groups attached to an aromatic ring is 2. The summed E-state index contributed by atoms with van der Waals surface area (Å²) in [6.45, 7) is 4.05. The van der Waals surface area contributed by atoms with Crippen molar-refractivity contribution in [1.29, 1.82) is 5.26 Å². The zero-order valence-electron chi connectivity index (χ0n) is 15.5. The van der Waals surface area contributed by atoms with E-state index in [4.69, 9.17) is 27.8 Å². The fourth-order valence-electron chi connectivity index (χ4n) is 4.06. The van der Waals surface area contributed by atoms with Gasteiger partial charge in [0, 0.05) is 29.4 Å². The van der Waals surface area contributed by atoms with Crippen molar-refractivity contribution in [2.45, 2.75) is 32.6 Å². The van der Waals surface area contributed by atoms with Crippen LogP contribution in [0.3, 0.4) is 0 Å². The van der Waals surface area contributed by atoms with E-state index in [1.165, 1.54) is 0 Å². The van der Waals surface area contributed by atoms with E-state index in [-0.39, 0.29) is 34.1 Å². The Hall–Kier alpha value is -3.04. The van der Waals surface area contributed by atoms with Crippen molar-refractivity contribution >= 4 is 28.9 Å². The maximum atomic E-state index is 13.1. The largest absolute Gasteiger partial charge is 0.442 e. The summed E-state index contributed by atoms with van der Waals surface area (Å²) in [5.41, 5.74) is 14.1. The number of anilines is 2. The van der Waals surface area contributed by atoms with Crippen LogP contribution in [0.1, 0.15) is 49.3 Å². The van der Waals surface area contributed by atoms with Crippen LogP contribution in [-0.4, -0.2) is 10.8 Å². The number of nitriles is 1. The third kappa shape index (κ3) is 2.79. The van der Waals surface area contributed by atoms with Gasteiger partial charge in [-0.1, -0.05) is 37.6 Å². The van der Waals surface area contributed by atoms with E-state index < -0.39 is 5.92 Å². The van der Waals surface area contributed by atoms with Gasteiger partial charge < -0.3 is 16.2 Å². The lowest BCUT2D eigenvalue weighted by atomic mass is 9.70. The Labute approximate surface area is 167 Å². The first-order valence-corrected chi connectivity index (χ1v) is 9.28. The van der Waals surface area contributed by atoms with Crippen molar-refractivity contribution in [3.05, 3.63) is 57.3 Å². The second kappa shape index (κ2) is 6.25. The van der Waals surface area contributed by atoms with Crippen molar-refractivity contribution in [1.82, 2.24) is 4.98 Å². The van der Waals surface area contributed by atoms with Gasteiger partial charge in [0.1, 0.15) is 23.2 Å².